The fraction of sp³-hybridized carbons (Fsp3) is 0.625. The molecule has 112 valence electrons. The molecular formula is C16H25NO3. The lowest BCUT2D eigenvalue weighted by molar-refractivity contribution is 0.181. The molecule has 0 spiro atoms. The Kier molecular flexibility index (Phi) is 5.68. The van der Waals surface area contributed by atoms with Crippen molar-refractivity contribution in [2.75, 3.05) is 34.4 Å². The average Bonchev–Trinajstić information content (AvgIpc) is 2.49. The smallest absolute Gasteiger partial charge is 0.124 e. The molecule has 1 aliphatic rings. The lowest BCUT2D eigenvalue weighted by Gasteiger charge is -2.24. The predicted molar refractivity (Wildman–Crippen MR) is 79.6 cm³/mol. The van der Waals surface area contributed by atoms with Crippen molar-refractivity contribution in [2.24, 2.45) is 5.92 Å². The molecule has 0 aliphatic carbocycles. The van der Waals surface area contributed by atoms with Crippen molar-refractivity contribution >= 4 is 0 Å². The van der Waals surface area contributed by atoms with Gasteiger partial charge >= 0.3 is 0 Å². The van der Waals surface area contributed by atoms with Crippen molar-refractivity contribution in [1.29, 1.82) is 0 Å². The van der Waals surface area contributed by atoms with Gasteiger partial charge in [-0.1, -0.05) is 0 Å². The molecule has 1 aromatic carbocycles. The molecule has 1 aromatic rings. The molecule has 0 bridgehead atoms. The van der Waals surface area contributed by atoms with Gasteiger partial charge in [0.25, 0.3) is 0 Å². The molecule has 0 radical (unpaired) electrons. The highest BCUT2D eigenvalue weighted by Crippen LogP contribution is 2.32. The van der Waals surface area contributed by atoms with Gasteiger partial charge in [0.2, 0.25) is 0 Å². The highest BCUT2D eigenvalue weighted by atomic mass is 16.5. The summed E-state index contributed by atoms with van der Waals surface area (Å²) in [5, 5.41) is 3.41. The quantitative estimate of drug-likeness (QED) is 0.868. The average molecular weight is 279 g/mol. The first-order chi connectivity index (χ1) is 9.78. The molecule has 0 saturated carbocycles. The fourth-order valence-corrected chi connectivity index (χ4v) is 2.85. The van der Waals surface area contributed by atoms with E-state index >= 15 is 0 Å². The second kappa shape index (κ2) is 7.50. The third-order valence-electron chi connectivity index (χ3n) is 3.95. The molecule has 0 atom stereocenters. The van der Waals surface area contributed by atoms with Crippen LogP contribution in [-0.2, 0) is 17.8 Å². The molecule has 1 aliphatic heterocycles. The van der Waals surface area contributed by atoms with Crippen LogP contribution in [0.25, 0.3) is 0 Å². The van der Waals surface area contributed by atoms with Crippen molar-refractivity contribution in [1.82, 2.24) is 5.32 Å². The van der Waals surface area contributed by atoms with Crippen molar-refractivity contribution in [3.63, 3.8) is 0 Å². The fourth-order valence-electron chi connectivity index (χ4n) is 2.85. The Balaban J connectivity index is 2.21. The minimum Gasteiger partial charge on any atom is -0.496 e. The summed E-state index contributed by atoms with van der Waals surface area (Å²) in [6, 6.07) is 4.15. The van der Waals surface area contributed by atoms with Crippen LogP contribution in [0, 0.1) is 5.92 Å². The highest BCUT2D eigenvalue weighted by Gasteiger charge is 2.18. The summed E-state index contributed by atoms with van der Waals surface area (Å²) in [4.78, 5) is 0. The number of ether oxygens (including phenoxy) is 3. The summed E-state index contributed by atoms with van der Waals surface area (Å²) in [5.41, 5.74) is 2.26. The molecule has 0 aromatic heterocycles. The molecule has 2 rings (SSSR count). The summed E-state index contributed by atoms with van der Waals surface area (Å²) in [6.45, 7) is 2.77. The second-order valence-corrected chi connectivity index (χ2v) is 5.31. The molecule has 1 N–H and O–H groups in total. The van der Waals surface area contributed by atoms with Gasteiger partial charge in [0, 0.05) is 12.7 Å². The Bertz CT molecular complexity index is 428. The normalized spacial score (nSPS) is 16.1. The van der Waals surface area contributed by atoms with Crippen LogP contribution in [-0.4, -0.2) is 34.4 Å². The van der Waals surface area contributed by atoms with E-state index < -0.39 is 0 Å². The molecule has 1 fully saturated rings. The van der Waals surface area contributed by atoms with E-state index in [2.05, 4.69) is 11.4 Å². The lowest BCUT2D eigenvalue weighted by Crippen LogP contribution is -2.28. The van der Waals surface area contributed by atoms with Crippen molar-refractivity contribution in [3.8, 4) is 11.5 Å². The highest BCUT2D eigenvalue weighted by molar-refractivity contribution is 5.46. The molecule has 0 amide bonds. The topological polar surface area (TPSA) is 39.7 Å². The third kappa shape index (κ3) is 3.64. The maximum atomic E-state index is 5.55. The minimum atomic E-state index is 0.535. The maximum absolute atomic E-state index is 5.55. The van der Waals surface area contributed by atoms with E-state index in [9.17, 15) is 0 Å². The van der Waals surface area contributed by atoms with Crippen LogP contribution in [0.15, 0.2) is 12.1 Å². The van der Waals surface area contributed by atoms with Crippen LogP contribution < -0.4 is 14.8 Å². The van der Waals surface area contributed by atoms with Gasteiger partial charge in [-0.05, 0) is 56.0 Å². The number of nitrogens with one attached hydrogen (secondary N) is 1. The van der Waals surface area contributed by atoms with E-state index in [1.807, 2.05) is 6.07 Å². The van der Waals surface area contributed by atoms with Gasteiger partial charge in [-0.25, -0.2) is 0 Å². The molecule has 1 heterocycles. The van der Waals surface area contributed by atoms with E-state index in [-0.39, 0.29) is 0 Å². The monoisotopic (exact) mass is 279 g/mol. The zero-order valence-corrected chi connectivity index (χ0v) is 12.7. The van der Waals surface area contributed by atoms with E-state index in [1.54, 1.807) is 21.3 Å². The number of hydrogen-bond acceptors (Lipinski definition) is 4. The van der Waals surface area contributed by atoms with Crippen LogP contribution in [0.3, 0.4) is 0 Å². The third-order valence-corrected chi connectivity index (χ3v) is 3.95. The Morgan fingerprint density at radius 3 is 2.20 bits per heavy atom. The van der Waals surface area contributed by atoms with Gasteiger partial charge in [0.15, 0.2) is 0 Å². The van der Waals surface area contributed by atoms with E-state index in [0.717, 1.165) is 42.5 Å². The first-order valence-electron chi connectivity index (χ1n) is 7.22. The van der Waals surface area contributed by atoms with E-state index in [1.165, 1.54) is 18.4 Å². The minimum absolute atomic E-state index is 0.535. The molecular weight excluding hydrogens is 254 g/mol. The molecule has 4 heteroatoms. The standard InChI is InChI=1S/C16H25NO3/c1-18-11-14-10-15(19-2)13(9-16(14)20-3)8-12-4-6-17-7-5-12/h9-10,12,17H,4-8,11H2,1-3H3. The van der Waals surface area contributed by atoms with Crippen LogP contribution in [0.4, 0.5) is 0 Å². The summed E-state index contributed by atoms with van der Waals surface area (Å²) >= 11 is 0. The summed E-state index contributed by atoms with van der Waals surface area (Å²) < 4.78 is 16.2. The van der Waals surface area contributed by atoms with Gasteiger partial charge in [0.05, 0.1) is 20.8 Å². The van der Waals surface area contributed by atoms with E-state index in [0.29, 0.717) is 6.61 Å². The van der Waals surface area contributed by atoms with E-state index in [4.69, 9.17) is 14.2 Å². The number of hydrogen-bond donors (Lipinski definition) is 1. The number of benzene rings is 1. The first kappa shape index (κ1) is 15.1. The van der Waals surface area contributed by atoms with Crippen molar-refractivity contribution in [3.05, 3.63) is 23.3 Å². The number of piperidine rings is 1. The largest absolute Gasteiger partial charge is 0.496 e. The molecule has 4 nitrogen and oxygen atoms in total. The Labute approximate surface area is 121 Å². The van der Waals surface area contributed by atoms with Crippen molar-refractivity contribution < 1.29 is 14.2 Å². The second-order valence-electron chi connectivity index (χ2n) is 5.31. The molecule has 0 unspecified atom stereocenters. The molecule has 20 heavy (non-hydrogen) atoms. The zero-order chi connectivity index (χ0) is 14.4. The van der Waals surface area contributed by atoms with Gasteiger partial charge < -0.3 is 19.5 Å². The van der Waals surface area contributed by atoms with Gasteiger partial charge in [0.1, 0.15) is 11.5 Å². The summed E-state index contributed by atoms with van der Waals surface area (Å²) in [6.07, 6.45) is 3.51. The Hall–Kier alpha value is -1.26. The Morgan fingerprint density at radius 2 is 1.60 bits per heavy atom. The predicted octanol–water partition coefficient (Wildman–Crippen LogP) is 2.39. The van der Waals surface area contributed by atoms with Crippen LogP contribution in [0.5, 0.6) is 11.5 Å². The van der Waals surface area contributed by atoms with Crippen LogP contribution in [0.2, 0.25) is 0 Å². The molecule has 1 saturated heterocycles. The van der Waals surface area contributed by atoms with Crippen LogP contribution in [0.1, 0.15) is 24.0 Å². The van der Waals surface area contributed by atoms with Crippen LogP contribution >= 0.6 is 0 Å². The van der Waals surface area contributed by atoms with Gasteiger partial charge in [-0.2, -0.15) is 0 Å². The summed E-state index contributed by atoms with van der Waals surface area (Å²) in [5.74, 6) is 2.55. The summed E-state index contributed by atoms with van der Waals surface area (Å²) in [7, 11) is 5.12. The number of methoxy groups -OCH3 is 3. The number of rotatable bonds is 6. The van der Waals surface area contributed by atoms with Gasteiger partial charge in [-0.3, -0.25) is 0 Å². The maximum Gasteiger partial charge on any atom is 0.124 e. The van der Waals surface area contributed by atoms with Gasteiger partial charge in [-0.15, -0.1) is 0 Å². The Morgan fingerprint density at radius 1 is 1.00 bits per heavy atom. The SMILES string of the molecule is COCc1cc(OC)c(CC2CCNCC2)cc1OC. The van der Waals surface area contributed by atoms with Crippen molar-refractivity contribution in [2.45, 2.75) is 25.9 Å². The zero-order valence-electron chi connectivity index (χ0n) is 12.7. The lowest BCUT2D eigenvalue weighted by atomic mass is 9.90. The first-order valence-corrected chi connectivity index (χ1v) is 7.22.